The maximum atomic E-state index is 11.1. The van der Waals surface area contributed by atoms with Gasteiger partial charge in [-0.1, -0.05) is 6.07 Å². The van der Waals surface area contributed by atoms with E-state index in [4.69, 9.17) is 0 Å². The van der Waals surface area contributed by atoms with Crippen LogP contribution in [0.25, 0.3) is 5.69 Å². The van der Waals surface area contributed by atoms with Crippen LogP contribution in [0.5, 0.6) is 5.95 Å². The minimum absolute atomic E-state index is 0.297. The monoisotopic (exact) mass is 268 g/mol. The Morgan fingerprint density at radius 1 is 1.33 bits per heavy atom. The second-order valence-corrected chi connectivity index (χ2v) is 4.08. The number of hydrogen-bond donors (Lipinski definition) is 0. The van der Waals surface area contributed by atoms with Gasteiger partial charge in [0.15, 0.2) is 5.95 Å². The Balaban J connectivity index is 2.55. The summed E-state index contributed by atoms with van der Waals surface area (Å²) in [5.41, 5.74) is 3.14. The van der Waals surface area contributed by atoms with Crippen LogP contribution in [0.2, 0.25) is 0 Å². The molecule has 1 heterocycles. The normalized spacial score (nSPS) is 10.6. The van der Waals surface area contributed by atoms with Crippen molar-refractivity contribution in [1.82, 2.24) is 5.27 Å². The number of hydrogen-bond acceptors (Lipinski definition) is 3. The molecule has 0 N–H and O–H groups in total. The molecule has 0 radical (unpaired) electrons. The fourth-order valence-corrected chi connectivity index (χ4v) is 1.60. The molecule has 0 amide bonds. The van der Waals surface area contributed by atoms with Crippen LogP contribution >= 0.6 is 15.9 Å². The molecular weight excluding hydrogens is 260 g/mol. The molecule has 0 aliphatic heterocycles. The summed E-state index contributed by atoms with van der Waals surface area (Å²) in [6.07, 6.45) is 0. The Bertz CT molecular complexity index is 508. The van der Waals surface area contributed by atoms with Crippen LogP contribution in [0.4, 0.5) is 0 Å². The van der Waals surface area contributed by atoms with Gasteiger partial charge in [0.1, 0.15) is 0 Å². The summed E-state index contributed by atoms with van der Waals surface area (Å²) in [7, 11) is 0. The third-order valence-electron chi connectivity index (χ3n) is 2.29. The summed E-state index contributed by atoms with van der Waals surface area (Å²) in [6, 6.07) is 5.81. The number of rotatable bonds is 1. The van der Waals surface area contributed by atoms with Crippen molar-refractivity contribution in [2.24, 2.45) is 0 Å². The first-order chi connectivity index (χ1) is 7.09. The Labute approximate surface area is 95.2 Å². The average molecular weight is 269 g/mol. The minimum atomic E-state index is -0.478. The Kier molecular flexibility index (Phi) is 2.48. The minimum Gasteiger partial charge on any atom is -0.538 e. The van der Waals surface area contributed by atoms with Crippen LogP contribution in [0.15, 0.2) is 27.3 Å². The van der Waals surface area contributed by atoms with E-state index in [1.807, 2.05) is 32.0 Å². The molecule has 0 saturated heterocycles. The number of halogens is 1. The summed E-state index contributed by atoms with van der Waals surface area (Å²) < 4.78 is 6.25. The van der Waals surface area contributed by atoms with Crippen LogP contribution in [-0.2, 0) is 0 Å². The predicted molar refractivity (Wildman–Crippen MR) is 54.7 cm³/mol. The van der Waals surface area contributed by atoms with Gasteiger partial charge in [-0.2, -0.15) is 0 Å². The Hall–Kier alpha value is -1.36. The van der Waals surface area contributed by atoms with Crippen LogP contribution in [0.3, 0.4) is 0 Å². The fourth-order valence-electron chi connectivity index (χ4n) is 1.26. The molecule has 0 unspecified atom stereocenters. The van der Waals surface area contributed by atoms with E-state index in [1.165, 1.54) is 10.2 Å². The van der Waals surface area contributed by atoms with Crippen molar-refractivity contribution < 1.29 is 14.3 Å². The smallest absolute Gasteiger partial charge is 0.305 e. The quantitative estimate of drug-likeness (QED) is 0.735. The molecular formula is C10H9BrN2O2. The Morgan fingerprint density at radius 2 is 2.07 bits per heavy atom. The van der Waals surface area contributed by atoms with Crippen molar-refractivity contribution in [3.63, 3.8) is 0 Å². The highest BCUT2D eigenvalue weighted by Gasteiger charge is 2.17. The summed E-state index contributed by atoms with van der Waals surface area (Å²) in [4.78, 5) is 0. The van der Waals surface area contributed by atoms with Crippen molar-refractivity contribution in [2.75, 3.05) is 0 Å². The van der Waals surface area contributed by atoms with Crippen molar-refractivity contribution >= 4 is 15.9 Å². The molecule has 2 rings (SSSR count). The van der Waals surface area contributed by atoms with Crippen LogP contribution in [0, 0.1) is 13.8 Å². The zero-order valence-corrected chi connectivity index (χ0v) is 9.91. The molecule has 0 atom stereocenters. The van der Waals surface area contributed by atoms with Crippen molar-refractivity contribution in [3.8, 4) is 11.6 Å². The Morgan fingerprint density at radius 3 is 2.60 bits per heavy atom. The first kappa shape index (κ1) is 10.2. The molecule has 15 heavy (non-hydrogen) atoms. The summed E-state index contributed by atoms with van der Waals surface area (Å²) in [5, 5.41) is 14.7. The summed E-state index contributed by atoms with van der Waals surface area (Å²) >= 11 is 3.12. The maximum absolute atomic E-state index is 11.1. The lowest BCUT2D eigenvalue weighted by Crippen LogP contribution is -2.33. The van der Waals surface area contributed by atoms with Gasteiger partial charge in [0.25, 0.3) is 0 Å². The summed E-state index contributed by atoms with van der Waals surface area (Å²) in [5.74, 6) is -0.478. The molecule has 0 saturated carbocycles. The standard InChI is InChI=1S/C10H9BrN2O2/c1-6-3-4-8(5-7(6)2)13-9(11)10(14)15-12-13/h3-5H,1-2H3. The number of aromatic nitrogens is 2. The topological polar surface area (TPSA) is 53.0 Å². The van der Waals surface area contributed by atoms with Crippen LogP contribution in [-0.4, -0.2) is 5.27 Å². The zero-order chi connectivity index (χ0) is 11.0. The summed E-state index contributed by atoms with van der Waals surface area (Å²) in [6.45, 7) is 4.03. The molecule has 1 aromatic carbocycles. The predicted octanol–water partition coefficient (Wildman–Crippen LogP) is 1.40. The molecule has 0 spiro atoms. The molecule has 0 fully saturated rings. The van der Waals surface area contributed by atoms with E-state index in [2.05, 4.69) is 25.7 Å². The lowest BCUT2D eigenvalue weighted by atomic mass is 10.1. The van der Waals surface area contributed by atoms with Gasteiger partial charge in [0, 0.05) is 28.1 Å². The lowest BCUT2D eigenvalue weighted by molar-refractivity contribution is -0.680. The number of aryl methyl sites for hydroxylation is 2. The van der Waals surface area contributed by atoms with E-state index in [9.17, 15) is 5.11 Å². The van der Waals surface area contributed by atoms with Gasteiger partial charge in [-0.25, -0.2) is 0 Å². The van der Waals surface area contributed by atoms with Gasteiger partial charge >= 0.3 is 4.60 Å². The van der Waals surface area contributed by atoms with Gasteiger partial charge in [0.2, 0.25) is 5.69 Å². The molecule has 2 aromatic rings. The number of nitrogens with zero attached hydrogens (tertiary/aromatic N) is 2. The fraction of sp³-hybridized carbons (Fsp3) is 0.200. The second kappa shape index (κ2) is 3.66. The van der Waals surface area contributed by atoms with Crippen LogP contribution in [0.1, 0.15) is 11.1 Å². The number of benzene rings is 1. The van der Waals surface area contributed by atoms with Crippen LogP contribution < -0.4 is 9.79 Å². The SMILES string of the molecule is Cc1ccc(-[n+]2noc([O-])c2Br)cc1C. The van der Waals surface area contributed by atoms with Gasteiger partial charge in [-0.15, -0.1) is 0 Å². The molecule has 0 aliphatic carbocycles. The molecule has 1 aromatic heterocycles. The first-order valence-electron chi connectivity index (χ1n) is 4.42. The highest BCUT2D eigenvalue weighted by atomic mass is 79.9. The van der Waals surface area contributed by atoms with Crippen molar-refractivity contribution in [2.45, 2.75) is 13.8 Å². The van der Waals surface area contributed by atoms with E-state index in [-0.39, 0.29) is 0 Å². The first-order valence-corrected chi connectivity index (χ1v) is 5.21. The van der Waals surface area contributed by atoms with E-state index >= 15 is 0 Å². The molecule has 5 heteroatoms. The lowest BCUT2D eigenvalue weighted by Gasteiger charge is -1.97. The zero-order valence-electron chi connectivity index (χ0n) is 8.32. The molecule has 4 nitrogen and oxygen atoms in total. The van der Waals surface area contributed by atoms with Gasteiger partial charge in [0.05, 0.1) is 5.27 Å². The highest BCUT2D eigenvalue weighted by molar-refractivity contribution is 9.10. The van der Waals surface area contributed by atoms with E-state index in [0.717, 1.165) is 11.3 Å². The van der Waals surface area contributed by atoms with E-state index in [1.54, 1.807) is 0 Å². The third-order valence-corrected chi connectivity index (χ3v) is 2.95. The average Bonchev–Trinajstić information content (AvgIpc) is 2.53. The van der Waals surface area contributed by atoms with E-state index < -0.39 is 5.95 Å². The molecule has 78 valence electrons. The largest absolute Gasteiger partial charge is 0.538 e. The molecule has 0 bridgehead atoms. The molecule has 0 aliphatic rings. The van der Waals surface area contributed by atoms with Gasteiger partial charge in [-0.05, 0) is 29.7 Å². The maximum Gasteiger partial charge on any atom is 0.305 e. The van der Waals surface area contributed by atoms with Crippen molar-refractivity contribution in [3.05, 3.63) is 33.9 Å². The second-order valence-electron chi connectivity index (χ2n) is 3.33. The van der Waals surface area contributed by atoms with Gasteiger partial charge in [-0.3, -0.25) is 0 Å². The van der Waals surface area contributed by atoms with E-state index in [0.29, 0.717) is 4.60 Å². The highest BCUT2D eigenvalue weighted by Crippen LogP contribution is 2.17. The third kappa shape index (κ3) is 1.74. The van der Waals surface area contributed by atoms with Gasteiger partial charge < -0.3 is 9.63 Å². The van der Waals surface area contributed by atoms with Crippen molar-refractivity contribution in [1.29, 1.82) is 0 Å².